The molecule has 1 aliphatic rings. The molecular weight excluding hydrogens is 392 g/mol. The van der Waals surface area contributed by atoms with Crippen molar-refractivity contribution in [1.82, 2.24) is 15.8 Å². The van der Waals surface area contributed by atoms with Gasteiger partial charge in [-0.15, -0.1) is 0 Å². The van der Waals surface area contributed by atoms with Crippen molar-refractivity contribution in [2.75, 3.05) is 25.0 Å². The lowest BCUT2D eigenvalue weighted by Crippen LogP contribution is -2.45. The second kappa shape index (κ2) is 10.1. The minimum absolute atomic E-state index is 0.0374. The van der Waals surface area contributed by atoms with Gasteiger partial charge in [-0.3, -0.25) is 25.2 Å². The maximum absolute atomic E-state index is 12.3. The first-order valence-corrected chi connectivity index (χ1v) is 9.43. The number of nitrogens with zero attached hydrogens (tertiary/aromatic N) is 1. The first-order chi connectivity index (χ1) is 14.5. The van der Waals surface area contributed by atoms with Crippen LogP contribution in [0.1, 0.15) is 23.4 Å². The van der Waals surface area contributed by atoms with Gasteiger partial charge in [0.05, 0.1) is 12.2 Å². The molecule has 1 saturated heterocycles. The van der Waals surface area contributed by atoms with Crippen molar-refractivity contribution in [3.63, 3.8) is 0 Å². The average Bonchev–Trinajstić information content (AvgIpc) is 3.31. The van der Waals surface area contributed by atoms with Gasteiger partial charge < -0.3 is 19.4 Å². The summed E-state index contributed by atoms with van der Waals surface area (Å²) in [5, 5.41) is 2.81. The van der Waals surface area contributed by atoms with Crippen LogP contribution in [0.3, 0.4) is 0 Å². The average molecular weight is 414 g/mol. The van der Waals surface area contributed by atoms with Gasteiger partial charge in [-0.25, -0.2) is 4.79 Å². The highest BCUT2D eigenvalue weighted by Gasteiger charge is 2.28. The summed E-state index contributed by atoms with van der Waals surface area (Å²) in [5.74, 6) is -2.17. The molecule has 4 amide bonds. The van der Waals surface area contributed by atoms with E-state index in [0.717, 1.165) is 0 Å². The number of furan rings is 1. The minimum atomic E-state index is -0.678. The summed E-state index contributed by atoms with van der Waals surface area (Å²) < 4.78 is 9.90. The van der Waals surface area contributed by atoms with Crippen molar-refractivity contribution < 1.29 is 28.3 Å². The molecule has 1 aromatic carbocycles. The van der Waals surface area contributed by atoms with E-state index in [2.05, 4.69) is 16.2 Å². The van der Waals surface area contributed by atoms with Crippen molar-refractivity contribution in [1.29, 1.82) is 0 Å². The number of hydrazine groups is 1. The number of nitrogens with one attached hydrogen (secondary N) is 3. The van der Waals surface area contributed by atoms with E-state index in [1.54, 1.807) is 17.0 Å². The molecule has 0 radical (unpaired) electrons. The highest BCUT2D eigenvalue weighted by atomic mass is 16.5. The molecule has 0 atom stereocenters. The third-order valence-corrected chi connectivity index (χ3v) is 4.55. The molecule has 0 aliphatic carbocycles. The monoisotopic (exact) mass is 414 g/mol. The van der Waals surface area contributed by atoms with Crippen LogP contribution in [0.2, 0.25) is 0 Å². The van der Waals surface area contributed by atoms with Crippen molar-refractivity contribution in [2.45, 2.75) is 12.8 Å². The number of rotatable bonds is 5. The minimum Gasteiger partial charge on any atom is -0.459 e. The molecule has 1 aliphatic heterocycles. The van der Waals surface area contributed by atoms with Crippen LogP contribution in [-0.2, 0) is 14.3 Å². The van der Waals surface area contributed by atoms with Gasteiger partial charge in [0, 0.05) is 18.8 Å². The molecule has 0 unspecified atom stereocenters. The van der Waals surface area contributed by atoms with Gasteiger partial charge in [-0.05, 0) is 37.1 Å². The van der Waals surface area contributed by atoms with E-state index in [9.17, 15) is 19.2 Å². The summed E-state index contributed by atoms with van der Waals surface area (Å²) in [6, 6.07) is 11.9. The summed E-state index contributed by atoms with van der Waals surface area (Å²) in [5.41, 5.74) is 4.99. The van der Waals surface area contributed by atoms with Gasteiger partial charge in [0.2, 0.25) is 0 Å². The summed E-state index contributed by atoms with van der Waals surface area (Å²) >= 11 is 0. The van der Waals surface area contributed by atoms with E-state index in [4.69, 9.17) is 9.15 Å². The van der Waals surface area contributed by atoms with Crippen LogP contribution in [0, 0.1) is 5.92 Å². The number of anilines is 1. The zero-order valence-corrected chi connectivity index (χ0v) is 16.1. The Balaban J connectivity index is 1.34. The maximum atomic E-state index is 12.3. The highest BCUT2D eigenvalue weighted by molar-refractivity contribution is 5.93. The van der Waals surface area contributed by atoms with Crippen LogP contribution in [-0.4, -0.2) is 48.4 Å². The van der Waals surface area contributed by atoms with Gasteiger partial charge in [0.15, 0.2) is 12.4 Å². The van der Waals surface area contributed by atoms with E-state index in [1.165, 1.54) is 18.4 Å². The number of carbonyl (C=O) groups is 4. The van der Waals surface area contributed by atoms with E-state index in [0.29, 0.717) is 31.6 Å². The third-order valence-electron chi connectivity index (χ3n) is 4.55. The molecule has 158 valence electrons. The quantitative estimate of drug-likeness (QED) is 0.502. The lowest BCUT2D eigenvalue weighted by molar-refractivity contribution is -0.154. The fourth-order valence-electron chi connectivity index (χ4n) is 2.93. The number of carbonyl (C=O) groups excluding carboxylic acids is 4. The molecule has 2 heterocycles. The molecule has 0 bridgehead atoms. The van der Waals surface area contributed by atoms with Gasteiger partial charge in [-0.2, -0.15) is 0 Å². The molecule has 3 N–H and O–H groups in total. The van der Waals surface area contributed by atoms with E-state index < -0.39 is 30.3 Å². The zero-order valence-electron chi connectivity index (χ0n) is 16.1. The molecular formula is C20H22N4O6. The number of para-hydroxylation sites is 1. The fourth-order valence-corrected chi connectivity index (χ4v) is 2.93. The predicted molar refractivity (Wildman–Crippen MR) is 105 cm³/mol. The van der Waals surface area contributed by atoms with Gasteiger partial charge in [0.1, 0.15) is 0 Å². The molecule has 0 spiro atoms. The Morgan fingerprint density at radius 2 is 1.73 bits per heavy atom. The van der Waals surface area contributed by atoms with E-state index >= 15 is 0 Å². The Hall–Kier alpha value is -3.82. The summed E-state index contributed by atoms with van der Waals surface area (Å²) in [6.45, 7) is 0.291. The Labute approximate surface area is 172 Å². The summed E-state index contributed by atoms with van der Waals surface area (Å²) in [4.78, 5) is 49.4. The molecule has 2 aromatic rings. The first kappa shape index (κ1) is 20.9. The number of hydrogen-bond acceptors (Lipinski definition) is 6. The standard InChI is InChI=1S/C20H22N4O6/c25-17(22-23-18(26)16-7-4-12-29-16)13-30-19(27)14-8-10-24(11-9-14)20(28)21-15-5-2-1-3-6-15/h1-7,12,14H,8-11,13H2,(H,21,28)(H,22,25)(H,23,26). The molecule has 10 nitrogen and oxygen atoms in total. The van der Waals surface area contributed by atoms with Crippen LogP contribution >= 0.6 is 0 Å². The highest BCUT2D eigenvalue weighted by Crippen LogP contribution is 2.19. The molecule has 0 saturated carbocycles. The largest absolute Gasteiger partial charge is 0.459 e. The van der Waals surface area contributed by atoms with Crippen molar-refractivity contribution >= 4 is 29.5 Å². The maximum Gasteiger partial charge on any atom is 0.321 e. The molecule has 3 rings (SSSR count). The number of urea groups is 1. The molecule has 30 heavy (non-hydrogen) atoms. The second-order valence-corrected chi connectivity index (χ2v) is 6.64. The number of likely N-dealkylation sites (tertiary alicyclic amines) is 1. The smallest absolute Gasteiger partial charge is 0.321 e. The molecule has 1 aromatic heterocycles. The van der Waals surface area contributed by atoms with Crippen molar-refractivity contribution in [3.8, 4) is 0 Å². The number of esters is 1. The lowest BCUT2D eigenvalue weighted by Gasteiger charge is -2.30. The SMILES string of the molecule is O=C(COC(=O)C1CCN(C(=O)Nc2ccccc2)CC1)NNC(=O)c1ccco1. The van der Waals surface area contributed by atoms with Crippen LogP contribution in [0.5, 0.6) is 0 Å². The third kappa shape index (κ3) is 5.84. The number of benzene rings is 1. The second-order valence-electron chi connectivity index (χ2n) is 6.64. The topological polar surface area (TPSA) is 130 Å². The molecule has 1 fully saturated rings. The van der Waals surface area contributed by atoms with Crippen LogP contribution in [0.25, 0.3) is 0 Å². The predicted octanol–water partition coefficient (Wildman–Crippen LogP) is 1.53. The molecule has 10 heteroatoms. The fraction of sp³-hybridized carbons (Fsp3) is 0.300. The Morgan fingerprint density at radius 1 is 1.00 bits per heavy atom. The van der Waals surface area contributed by atoms with Crippen molar-refractivity contribution in [2.24, 2.45) is 5.92 Å². The Morgan fingerprint density at radius 3 is 2.40 bits per heavy atom. The summed E-state index contributed by atoms with van der Waals surface area (Å²) in [6.07, 6.45) is 2.21. The van der Waals surface area contributed by atoms with E-state index in [1.807, 2.05) is 18.2 Å². The number of piperidine rings is 1. The zero-order chi connectivity index (χ0) is 21.3. The van der Waals surface area contributed by atoms with Gasteiger partial charge in [0.25, 0.3) is 5.91 Å². The van der Waals surface area contributed by atoms with Crippen LogP contribution in [0.15, 0.2) is 53.1 Å². The Kier molecular flexibility index (Phi) is 7.04. The van der Waals surface area contributed by atoms with Crippen LogP contribution in [0.4, 0.5) is 10.5 Å². The first-order valence-electron chi connectivity index (χ1n) is 9.43. The van der Waals surface area contributed by atoms with Crippen LogP contribution < -0.4 is 16.2 Å². The van der Waals surface area contributed by atoms with Gasteiger partial charge >= 0.3 is 17.9 Å². The number of ether oxygens (including phenoxy) is 1. The van der Waals surface area contributed by atoms with E-state index in [-0.39, 0.29) is 11.8 Å². The number of hydrogen-bond donors (Lipinski definition) is 3. The Bertz CT molecular complexity index is 876. The summed E-state index contributed by atoms with van der Waals surface area (Å²) in [7, 11) is 0. The normalized spacial score (nSPS) is 13.9. The van der Waals surface area contributed by atoms with Gasteiger partial charge in [-0.1, -0.05) is 18.2 Å². The number of amides is 4. The van der Waals surface area contributed by atoms with Crippen molar-refractivity contribution in [3.05, 3.63) is 54.5 Å². The lowest BCUT2D eigenvalue weighted by atomic mass is 9.97.